The monoisotopic (exact) mass is 495 g/mol. The maximum absolute atomic E-state index is 13.0. The lowest BCUT2D eigenvalue weighted by molar-refractivity contribution is -0.116. The minimum absolute atomic E-state index is 0.0247. The third kappa shape index (κ3) is 6.87. The molecule has 8 nitrogen and oxygen atoms in total. The lowest BCUT2D eigenvalue weighted by atomic mass is 10.0. The highest BCUT2D eigenvalue weighted by atomic mass is 31.2. The van der Waals surface area contributed by atoms with Crippen LogP contribution in [0.1, 0.15) is 53.6 Å². The summed E-state index contributed by atoms with van der Waals surface area (Å²) in [6, 6.07) is 14.1. The van der Waals surface area contributed by atoms with E-state index in [1.165, 1.54) is 4.90 Å². The van der Waals surface area contributed by atoms with Gasteiger partial charge in [0.15, 0.2) is 5.72 Å². The minimum Gasteiger partial charge on any atom is -0.494 e. The van der Waals surface area contributed by atoms with Crippen molar-refractivity contribution in [3.63, 3.8) is 0 Å². The number of phosphoric acid groups is 1. The first-order valence-corrected chi connectivity index (χ1v) is 12.9. The number of alkyl halides is 1. The van der Waals surface area contributed by atoms with Gasteiger partial charge < -0.3 is 24.5 Å². The molecule has 0 aromatic heterocycles. The van der Waals surface area contributed by atoms with Crippen molar-refractivity contribution in [2.24, 2.45) is 0 Å². The van der Waals surface area contributed by atoms with Gasteiger partial charge in [-0.25, -0.2) is 4.57 Å². The summed E-state index contributed by atoms with van der Waals surface area (Å²) in [5.74, 6) is 0.229. The van der Waals surface area contributed by atoms with E-state index < -0.39 is 26.1 Å². The van der Waals surface area contributed by atoms with Gasteiger partial charge in [-0.05, 0) is 55.0 Å². The van der Waals surface area contributed by atoms with Crippen molar-refractivity contribution in [2.75, 3.05) is 19.9 Å². The van der Waals surface area contributed by atoms with E-state index in [9.17, 15) is 28.6 Å². The number of carbonyl (C=O) groups excluding carboxylic acids is 1. The number of hydrogen-bond acceptors (Lipinski definition) is 5. The zero-order valence-corrected chi connectivity index (χ0v) is 19.8. The number of phosphoric ester groups is 1. The van der Waals surface area contributed by atoms with Gasteiger partial charge in [0.25, 0.3) is 5.91 Å². The molecule has 1 amide bonds. The number of fused-ring (bicyclic) bond motifs is 1. The van der Waals surface area contributed by atoms with Crippen LogP contribution in [0, 0.1) is 0 Å². The molecule has 0 unspecified atom stereocenters. The Bertz CT molecular complexity index is 997. The molecule has 2 aromatic rings. The van der Waals surface area contributed by atoms with Crippen LogP contribution in [0.15, 0.2) is 48.5 Å². The van der Waals surface area contributed by atoms with E-state index in [4.69, 9.17) is 9.26 Å². The molecule has 1 aliphatic heterocycles. The molecule has 3 rings (SSSR count). The molecule has 0 saturated heterocycles. The van der Waals surface area contributed by atoms with Crippen molar-refractivity contribution in [1.82, 2.24) is 4.90 Å². The van der Waals surface area contributed by atoms with Crippen molar-refractivity contribution in [3.8, 4) is 5.75 Å². The first-order valence-electron chi connectivity index (χ1n) is 11.3. The van der Waals surface area contributed by atoms with Crippen LogP contribution in [-0.2, 0) is 22.1 Å². The van der Waals surface area contributed by atoms with Crippen LogP contribution in [0.2, 0.25) is 0 Å². The van der Waals surface area contributed by atoms with Crippen LogP contribution in [0.5, 0.6) is 5.75 Å². The van der Waals surface area contributed by atoms with Crippen molar-refractivity contribution in [3.05, 3.63) is 65.2 Å². The second kappa shape index (κ2) is 11.9. The van der Waals surface area contributed by atoms with E-state index in [1.54, 1.807) is 36.4 Å². The highest BCUT2D eigenvalue weighted by molar-refractivity contribution is 7.46. The van der Waals surface area contributed by atoms with E-state index in [1.807, 2.05) is 12.1 Å². The Balaban J connectivity index is 1.66. The molecule has 1 aliphatic rings. The number of benzene rings is 2. The number of rotatable bonds is 14. The quantitative estimate of drug-likeness (QED) is 0.268. The van der Waals surface area contributed by atoms with Gasteiger partial charge >= 0.3 is 7.82 Å². The molecule has 1 atom stereocenters. The van der Waals surface area contributed by atoms with Crippen molar-refractivity contribution in [2.45, 2.75) is 50.8 Å². The topological polar surface area (TPSA) is 117 Å². The number of aliphatic hydroxyl groups is 1. The highest BCUT2D eigenvalue weighted by Gasteiger charge is 2.48. The van der Waals surface area contributed by atoms with Crippen LogP contribution in [0.25, 0.3) is 0 Å². The number of amides is 1. The average molecular weight is 495 g/mol. The zero-order chi connectivity index (χ0) is 24.6. The van der Waals surface area contributed by atoms with Crippen LogP contribution in [0.3, 0.4) is 0 Å². The Morgan fingerprint density at radius 1 is 1.03 bits per heavy atom. The lowest BCUT2D eigenvalue weighted by Crippen LogP contribution is -2.53. The minimum atomic E-state index is -5.02. The Kier molecular flexibility index (Phi) is 9.22. The van der Waals surface area contributed by atoms with Crippen LogP contribution in [-0.4, -0.2) is 51.3 Å². The average Bonchev–Trinajstić information content (AvgIpc) is 3.16. The van der Waals surface area contributed by atoms with Gasteiger partial charge in [0, 0.05) is 18.5 Å². The first-order chi connectivity index (χ1) is 16.3. The molecule has 10 heteroatoms. The summed E-state index contributed by atoms with van der Waals surface area (Å²) in [7, 11) is -5.02. The summed E-state index contributed by atoms with van der Waals surface area (Å²) in [5.41, 5.74) is 0.0578. The van der Waals surface area contributed by atoms with Crippen molar-refractivity contribution < 1.29 is 37.9 Å². The molecule has 0 fully saturated rings. The molecule has 34 heavy (non-hydrogen) atoms. The first kappa shape index (κ1) is 26.3. The van der Waals surface area contributed by atoms with E-state index >= 15 is 0 Å². The summed E-state index contributed by atoms with van der Waals surface area (Å²) in [4.78, 5) is 33.2. The van der Waals surface area contributed by atoms with Crippen molar-refractivity contribution in [1.29, 1.82) is 0 Å². The number of aryl methyl sites for hydroxylation is 1. The van der Waals surface area contributed by atoms with Gasteiger partial charge in [-0.1, -0.05) is 36.8 Å². The number of ether oxygens (including phenoxy) is 1. The number of nitrogens with zero attached hydrogens (tertiary/aromatic N) is 1. The third-order valence-corrected chi connectivity index (χ3v) is 6.45. The predicted molar refractivity (Wildman–Crippen MR) is 124 cm³/mol. The van der Waals surface area contributed by atoms with Crippen LogP contribution >= 0.6 is 7.82 Å². The molecule has 2 aromatic carbocycles. The molecule has 1 heterocycles. The SMILES string of the molecule is O=C1c2ccccc2CN1[C@@](CO)(CCc1ccc(OCCCCCCF)cc1)OP(=O)(O)O. The Morgan fingerprint density at radius 2 is 1.74 bits per heavy atom. The smallest absolute Gasteiger partial charge is 0.471 e. The molecule has 0 aliphatic carbocycles. The number of unbranched alkanes of at least 4 members (excludes halogenated alkanes) is 3. The largest absolute Gasteiger partial charge is 0.494 e. The fourth-order valence-corrected chi connectivity index (χ4v) is 4.75. The number of carbonyl (C=O) groups is 1. The fourth-order valence-electron chi connectivity index (χ4n) is 4.06. The Morgan fingerprint density at radius 3 is 2.38 bits per heavy atom. The Labute approximate surface area is 198 Å². The maximum atomic E-state index is 13.0. The number of aliphatic hydroxyl groups excluding tert-OH is 1. The van der Waals surface area contributed by atoms with E-state index in [-0.39, 0.29) is 19.6 Å². The van der Waals surface area contributed by atoms with E-state index in [0.29, 0.717) is 36.3 Å². The normalized spacial score (nSPS) is 15.3. The summed E-state index contributed by atoms with van der Waals surface area (Å²) in [6.07, 6.45) is 3.43. The van der Waals surface area contributed by atoms with Gasteiger partial charge in [-0.15, -0.1) is 0 Å². The Hall–Kier alpha value is -2.29. The zero-order valence-electron chi connectivity index (χ0n) is 18.9. The van der Waals surface area contributed by atoms with Crippen LogP contribution < -0.4 is 4.74 Å². The van der Waals surface area contributed by atoms with Gasteiger partial charge in [0.1, 0.15) is 5.75 Å². The number of hydrogen-bond donors (Lipinski definition) is 3. The molecule has 186 valence electrons. The molecule has 0 bridgehead atoms. The molecule has 3 N–H and O–H groups in total. The highest BCUT2D eigenvalue weighted by Crippen LogP contribution is 2.46. The maximum Gasteiger partial charge on any atom is 0.471 e. The van der Waals surface area contributed by atoms with Crippen molar-refractivity contribution >= 4 is 13.7 Å². The van der Waals surface area contributed by atoms with E-state index in [2.05, 4.69) is 0 Å². The second-order valence-corrected chi connectivity index (χ2v) is 9.49. The predicted octanol–water partition coefficient (Wildman–Crippen LogP) is 3.98. The second-order valence-electron chi connectivity index (χ2n) is 8.33. The van der Waals surface area contributed by atoms with Gasteiger partial charge in [-0.3, -0.25) is 13.7 Å². The molecule has 0 saturated carbocycles. The third-order valence-electron chi connectivity index (χ3n) is 5.87. The standard InChI is InChI=1S/C24H31FNO7P/c25-15-5-1-2-6-16-32-21-11-9-19(10-12-21)13-14-24(18-27,33-34(29,30)31)26-17-20-7-3-4-8-22(20)23(26)28/h3-4,7-12,27H,1-2,5-6,13-18H2,(H2,29,30,31)/t24-/m0/s1. The fraction of sp³-hybridized carbons (Fsp3) is 0.458. The van der Waals surface area contributed by atoms with Crippen LogP contribution in [0.4, 0.5) is 4.39 Å². The molecule has 0 spiro atoms. The number of halogens is 1. The van der Waals surface area contributed by atoms with Gasteiger partial charge in [-0.2, -0.15) is 0 Å². The summed E-state index contributed by atoms with van der Waals surface area (Å²) in [5, 5.41) is 10.2. The van der Waals surface area contributed by atoms with E-state index in [0.717, 1.165) is 24.8 Å². The lowest BCUT2D eigenvalue weighted by Gasteiger charge is -2.40. The summed E-state index contributed by atoms with van der Waals surface area (Å²) in [6.45, 7) is -0.458. The summed E-state index contributed by atoms with van der Waals surface area (Å²) < 4.78 is 34.6. The van der Waals surface area contributed by atoms with Gasteiger partial charge in [0.05, 0.1) is 19.9 Å². The van der Waals surface area contributed by atoms with Gasteiger partial charge in [0.2, 0.25) is 0 Å². The molecule has 0 radical (unpaired) electrons. The molecular weight excluding hydrogens is 464 g/mol. The molecular formula is C24H31FNO7P. The summed E-state index contributed by atoms with van der Waals surface area (Å²) >= 11 is 0.